The van der Waals surface area contributed by atoms with Gasteiger partial charge in [-0.1, -0.05) is 50.2 Å². The SMILES string of the molecule is CC.CN(C(=O)C(C)(C)N(C=S)c1ccc(CCCCCO)c(F)c1)c1ccc(C#N)c(Cl)c1. The molecule has 0 spiro atoms. The summed E-state index contributed by atoms with van der Waals surface area (Å²) in [4.78, 5) is 16.4. The third kappa shape index (κ3) is 7.23. The number of aryl methyl sites for hydroxylation is 1. The average Bonchev–Trinajstić information content (AvgIpc) is 2.83. The number of aliphatic hydroxyl groups excluding tert-OH is 1. The Morgan fingerprint density at radius 3 is 2.35 bits per heavy atom. The standard InChI is InChI=1S/C24H27ClFN3O2S.C2H6/c1-24(2,23(31)28(3)19-10-9-18(15-27)21(25)13-19)29(16-32)20-11-8-17(22(26)14-20)7-5-4-6-12-30;1-2/h8-11,13-14,16,30H,4-7,12H2,1-3H3;1-2H3. The predicted octanol–water partition coefficient (Wildman–Crippen LogP) is 6.29. The van der Waals surface area contributed by atoms with Gasteiger partial charge in [-0.2, -0.15) is 5.26 Å². The number of amides is 1. The van der Waals surface area contributed by atoms with Crippen LogP contribution in [0.15, 0.2) is 36.4 Å². The van der Waals surface area contributed by atoms with Crippen molar-refractivity contribution in [3.8, 4) is 6.07 Å². The molecule has 5 nitrogen and oxygen atoms in total. The van der Waals surface area contributed by atoms with E-state index in [9.17, 15) is 9.18 Å². The first-order valence-electron chi connectivity index (χ1n) is 11.3. The van der Waals surface area contributed by atoms with Crippen molar-refractivity contribution in [3.05, 3.63) is 58.4 Å². The molecule has 0 heterocycles. The first kappa shape index (κ1) is 29.5. The normalized spacial score (nSPS) is 10.6. The van der Waals surface area contributed by atoms with Crippen LogP contribution in [0.1, 0.15) is 58.1 Å². The number of halogens is 2. The fraction of sp³-hybridized carbons (Fsp3) is 0.423. The topological polar surface area (TPSA) is 67.6 Å². The van der Waals surface area contributed by atoms with Crippen molar-refractivity contribution in [1.82, 2.24) is 0 Å². The number of benzene rings is 2. The predicted molar refractivity (Wildman–Crippen MR) is 142 cm³/mol. The lowest BCUT2D eigenvalue weighted by molar-refractivity contribution is -0.122. The first-order valence-corrected chi connectivity index (χ1v) is 12.1. The minimum atomic E-state index is -1.12. The Morgan fingerprint density at radius 1 is 1.18 bits per heavy atom. The zero-order valence-electron chi connectivity index (χ0n) is 20.4. The van der Waals surface area contributed by atoms with E-state index in [1.807, 2.05) is 19.9 Å². The summed E-state index contributed by atoms with van der Waals surface area (Å²) in [5.41, 5.74) is 2.13. The lowest BCUT2D eigenvalue weighted by Crippen LogP contribution is -2.55. The number of nitriles is 1. The van der Waals surface area contributed by atoms with Gasteiger partial charge in [-0.3, -0.25) is 4.79 Å². The zero-order chi connectivity index (χ0) is 25.9. The van der Waals surface area contributed by atoms with Crippen LogP contribution in [0.2, 0.25) is 5.02 Å². The van der Waals surface area contributed by atoms with Crippen molar-refractivity contribution in [2.45, 2.75) is 58.9 Å². The van der Waals surface area contributed by atoms with Gasteiger partial charge < -0.3 is 14.9 Å². The van der Waals surface area contributed by atoms with Crippen molar-refractivity contribution in [2.24, 2.45) is 0 Å². The Morgan fingerprint density at radius 2 is 1.82 bits per heavy atom. The third-order valence-electron chi connectivity index (χ3n) is 5.42. The molecule has 8 heteroatoms. The summed E-state index contributed by atoms with van der Waals surface area (Å²) >= 11 is 11.3. The van der Waals surface area contributed by atoms with E-state index in [1.54, 1.807) is 56.1 Å². The summed E-state index contributed by atoms with van der Waals surface area (Å²) in [5, 5.41) is 18.2. The second kappa shape index (κ2) is 14.0. The molecular weight excluding hydrogens is 473 g/mol. The highest BCUT2D eigenvalue weighted by molar-refractivity contribution is 7.79. The van der Waals surface area contributed by atoms with Gasteiger partial charge in [0.05, 0.1) is 16.1 Å². The number of likely N-dealkylation sites (N-methyl/N-ethyl adjacent to an activating group) is 1. The number of hydrogen-bond donors (Lipinski definition) is 1. The van der Waals surface area contributed by atoms with Crippen LogP contribution >= 0.6 is 23.8 Å². The van der Waals surface area contributed by atoms with Crippen LogP contribution in [0.4, 0.5) is 15.8 Å². The number of nitrogens with zero attached hydrogens (tertiary/aromatic N) is 3. The van der Waals surface area contributed by atoms with Crippen LogP contribution in [-0.2, 0) is 11.2 Å². The van der Waals surface area contributed by atoms with Crippen LogP contribution < -0.4 is 9.80 Å². The van der Waals surface area contributed by atoms with E-state index in [1.165, 1.54) is 16.5 Å². The highest BCUT2D eigenvalue weighted by Crippen LogP contribution is 2.30. The average molecular weight is 506 g/mol. The molecule has 0 saturated carbocycles. The van der Waals surface area contributed by atoms with Gasteiger partial charge in [0.15, 0.2) is 0 Å². The third-order valence-corrected chi connectivity index (χ3v) is 5.94. The van der Waals surface area contributed by atoms with Crippen molar-refractivity contribution in [2.75, 3.05) is 23.5 Å². The van der Waals surface area contributed by atoms with Gasteiger partial charge in [0.1, 0.15) is 17.4 Å². The van der Waals surface area contributed by atoms with Crippen LogP contribution in [0.25, 0.3) is 0 Å². The molecule has 2 rings (SSSR count). The summed E-state index contributed by atoms with van der Waals surface area (Å²) < 4.78 is 14.7. The fourth-order valence-electron chi connectivity index (χ4n) is 3.44. The van der Waals surface area contributed by atoms with Crippen LogP contribution in [-0.4, -0.2) is 35.7 Å². The summed E-state index contributed by atoms with van der Waals surface area (Å²) in [5.74, 6) is -0.642. The molecule has 0 aliphatic rings. The molecule has 0 aliphatic carbocycles. The Labute approximate surface area is 212 Å². The van der Waals surface area contributed by atoms with Crippen LogP contribution in [0, 0.1) is 17.1 Å². The van der Waals surface area contributed by atoms with Crippen LogP contribution in [0.3, 0.4) is 0 Å². The van der Waals surface area contributed by atoms with Gasteiger partial charge in [-0.15, -0.1) is 0 Å². The van der Waals surface area contributed by atoms with E-state index in [0.29, 0.717) is 35.3 Å². The number of carbonyl (C=O) groups excluding carboxylic acids is 1. The van der Waals surface area contributed by atoms with E-state index in [0.717, 1.165) is 12.8 Å². The Bertz CT molecular complexity index is 1020. The second-order valence-electron chi connectivity index (χ2n) is 7.98. The number of unbranched alkanes of at least 4 members (excludes halogenated alkanes) is 2. The smallest absolute Gasteiger partial charge is 0.252 e. The highest BCUT2D eigenvalue weighted by Gasteiger charge is 2.37. The molecule has 0 aliphatic heterocycles. The molecule has 0 atom stereocenters. The number of thiocarbonyl (C=S) groups is 1. The Balaban J connectivity index is 0.00000281. The molecule has 0 fully saturated rings. The van der Waals surface area contributed by atoms with Gasteiger partial charge in [-0.25, -0.2) is 4.39 Å². The minimum absolute atomic E-state index is 0.136. The van der Waals surface area contributed by atoms with Gasteiger partial charge in [0.2, 0.25) is 0 Å². The van der Waals surface area contributed by atoms with E-state index in [-0.39, 0.29) is 23.4 Å². The molecule has 0 bridgehead atoms. The fourth-order valence-corrected chi connectivity index (χ4v) is 4.04. The monoisotopic (exact) mass is 505 g/mol. The van der Waals surface area contributed by atoms with E-state index >= 15 is 0 Å². The maximum absolute atomic E-state index is 14.7. The summed E-state index contributed by atoms with van der Waals surface area (Å²) in [7, 11) is 1.61. The quantitative estimate of drug-likeness (QED) is 0.303. The zero-order valence-corrected chi connectivity index (χ0v) is 22.0. The minimum Gasteiger partial charge on any atom is -0.396 e. The largest absolute Gasteiger partial charge is 0.396 e. The lowest BCUT2D eigenvalue weighted by atomic mass is 9.99. The van der Waals surface area contributed by atoms with Gasteiger partial charge in [-0.05, 0) is 69.0 Å². The maximum Gasteiger partial charge on any atom is 0.252 e. The number of carbonyl (C=O) groups is 1. The van der Waals surface area contributed by atoms with E-state index in [2.05, 4.69) is 0 Å². The molecule has 1 N–H and O–H groups in total. The maximum atomic E-state index is 14.7. The van der Waals surface area contributed by atoms with Gasteiger partial charge in [0.25, 0.3) is 5.91 Å². The molecule has 1 amide bonds. The molecular formula is C26H33ClFN3O2S. The second-order valence-corrected chi connectivity index (χ2v) is 8.60. The molecule has 2 aromatic rings. The highest BCUT2D eigenvalue weighted by atomic mass is 35.5. The molecule has 2 aromatic carbocycles. The molecule has 0 radical (unpaired) electrons. The number of hydrogen-bond acceptors (Lipinski definition) is 4. The number of rotatable bonds is 10. The molecule has 0 aromatic heterocycles. The van der Waals surface area contributed by atoms with Crippen molar-refractivity contribution >= 4 is 46.6 Å². The summed E-state index contributed by atoms with van der Waals surface area (Å²) in [6.45, 7) is 7.55. The van der Waals surface area contributed by atoms with Crippen LogP contribution in [0.5, 0.6) is 0 Å². The van der Waals surface area contributed by atoms with Gasteiger partial charge >= 0.3 is 0 Å². The van der Waals surface area contributed by atoms with Crippen molar-refractivity contribution in [3.63, 3.8) is 0 Å². The Kier molecular flexibility index (Phi) is 12.2. The molecule has 0 unspecified atom stereocenters. The van der Waals surface area contributed by atoms with E-state index < -0.39 is 5.54 Å². The lowest BCUT2D eigenvalue weighted by Gasteiger charge is -2.38. The summed E-state index contributed by atoms with van der Waals surface area (Å²) in [6.07, 6.45) is 2.90. The molecule has 0 saturated heterocycles. The van der Waals surface area contributed by atoms with Crippen molar-refractivity contribution < 1.29 is 14.3 Å². The van der Waals surface area contributed by atoms with E-state index in [4.69, 9.17) is 34.2 Å². The number of anilines is 2. The summed E-state index contributed by atoms with van der Waals surface area (Å²) in [6, 6.07) is 11.6. The molecule has 34 heavy (non-hydrogen) atoms. The van der Waals surface area contributed by atoms with Gasteiger partial charge in [0, 0.05) is 25.0 Å². The first-order chi connectivity index (χ1) is 16.2. The Hall–Kier alpha value is -2.53. The number of aliphatic hydroxyl groups is 1. The van der Waals surface area contributed by atoms with Crippen molar-refractivity contribution in [1.29, 1.82) is 5.26 Å². The molecule has 184 valence electrons.